The third-order valence-corrected chi connectivity index (χ3v) is 8.91. The fourth-order valence-corrected chi connectivity index (χ4v) is 5.71. The number of carbonyl (C=O) groups excluding carboxylic acids is 1. The number of carbonyl (C=O) groups is 1. The number of hydrogen-bond donors (Lipinski definition) is 2. The van der Waals surface area contributed by atoms with Crippen molar-refractivity contribution in [3.8, 4) is 0 Å². The highest BCUT2D eigenvalue weighted by molar-refractivity contribution is 7.47. The van der Waals surface area contributed by atoms with Gasteiger partial charge in [-0.05, 0) is 63.9 Å². The zero-order valence-corrected chi connectivity index (χ0v) is 33.7. The highest BCUT2D eigenvalue weighted by atomic mass is 31.2. The fourth-order valence-electron chi connectivity index (χ4n) is 4.95. The maximum Gasteiger partial charge on any atom is 0.472 e. The van der Waals surface area contributed by atoms with Gasteiger partial charge < -0.3 is 20.1 Å². The van der Waals surface area contributed by atoms with Gasteiger partial charge in [-0.3, -0.25) is 13.8 Å². The lowest BCUT2D eigenvalue weighted by Gasteiger charge is -2.19. The molecule has 0 aromatic rings. The Morgan fingerprint density at radius 1 is 0.615 bits per heavy atom. The monoisotopic (exact) mass is 748 g/mol. The number of ether oxygens (including phenoxy) is 2. The van der Waals surface area contributed by atoms with E-state index in [4.69, 9.17) is 24.3 Å². The van der Waals surface area contributed by atoms with Gasteiger partial charge in [-0.25, -0.2) is 4.57 Å². The lowest BCUT2D eigenvalue weighted by atomic mass is 10.0. The van der Waals surface area contributed by atoms with Crippen LogP contribution in [0.15, 0.2) is 85.3 Å². The third kappa shape index (κ3) is 38.7. The minimum Gasteiger partial charge on any atom is -0.492 e. The zero-order chi connectivity index (χ0) is 38.1. The first-order valence-electron chi connectivity index (χ1n) is 20.1. The number of unbranched alkanes of at least 4 members (excludes halogenated alkanes) is 12. The summed E-state index contributed by atoms with van der Waals surface area (Å²) in [7, 11) is -4.28. The predicted molar refractivity (Wildman–Crippen MR) is 219 cm³/mol. The van der Waals surface area contributed by atoms with Crippen molar-refractivity contribution in [2.75, 3.05) is 26.4 Å². The van der Waals surface area contributed by atoms with Gasteiger partial charge >= 0.3 is 13.8 Å². The van der Waals surface area contributed by atoms with Crippen LogP contribution >= 0.6 is 7.82 Å². The third-order valence-electron chi connectivity index (χ3n) is 7.93. The van der Waals surface area contributed by atoms with Crippen molar-refractivity contribution >= 4 is 13.8 Å². The molecule has 0 spiro atoms. The van der Waals surface area contributed by atoms with E-state index in [1.54, 1.807) is 6.26 Å². The van der Waals surface area contributed by atoms with Gasteiger partial charge in [-0.2, -0.15) is 0 Å². The molecule has 0 rings (SSSR count). The lowest BCUT2D eigenvalue weighted by Crippen LogP contribution is -2.25. The van der Waals surface area contributed by atoms with Gasteiger partial charge in [0, 0.05) is 13.0 Å². The molecular formula is C43H74NO7P. The van der Waals surface area contributed by atoms with Crippen LogP contribution in [0.2, 0.25) is 0 Å². The Morgan fingerprint density at radius 2 is 1.10 bits per heavy atom. The summed E-state index contributed by atoms with van der Waals surface area (Å²) in [6, 6.07) is 0. The number of nitrogens with two attached hydrogens (primary N) is 1. The van der Waals surface area contributed by atoms with E-state index in [1.165, 1.54) is 70.6 Å². The van der Waals surface area contributed by atoms with Gasteiger partial charge in [0.05, 0.1) is 19.5 Å². The Hall–Kier alpha value is -2.48. The molecule has 9 heteroatoms. The van der Waals surface area contributed by atoms with Gasteiger partial charge in [0.1, 0.15) is 6.61 Å². The van der Waals surface area contributed by atoms with Gasteiger partial charge in [0.25, 0.3) is 0 Å². The van der Waals surface area contributed by atoms with E-state index >= 15 is 0 Å². The second kappa shape index (κ2) is 39.7. The van der Waals surface area contributed by atoms with Crippen molar-refractivity contribution in [1.82, 2.24) is 0 Å². The topological polar surface area (TPSA) is 117 Å². The molecule has 0 heterocycles. The van der Waals surface area contributed by atoms with E-state index in [9.17, 15) is 14.3 Å². The van der Waals surface area contributed by atoms with E-state index < -0.39 is 13.9 Å². The van der Waals surface area contributed by atoms with E-state index in [1.807, 2.05) is 18.2 Å². The molecular weight excluding hydrogens is 673 g/mol. The maximum absolute atomic E-state index is 12.3. The van der Waals surface area contributed by atoms with Crippen molar-refractivity contribution in [3.05, 3.63) is 85.3 Å². The highest BCUT2D eigenvalue weighted by Gasteiger charge is 2.24. The summed E-state index contributed by atoms with van der Waals surface area (Å²) in [5.74, 6) is -0.375. The number of hydrogen-bond acceptors (Lipinski definition) is 7. The van der Waals surface area contributed by atoms with Crippen molar-refractivity contribution in [2.45, 2.75) is 155 Å². The van der Waals surface area contributed by atoms with E-state index in [0.717, 1.165) is 51.4 Å². The second-order valence-corrected chi connectivity index (χ2v) is 14.3. The molecule has 0 bridgehead atoms. The van der Waals surface area contributed by atoms with Crippen LogP contribution < -0.4 is 5.73 Å². The molecule has 0 aromatic carbocycles. The molecule has 298 valence electrons. The summed E-state index contributed by atoms with van der Waals surface area (Å²) < 4.78 is 33.0. The molecule has 0 saturated heterocycles. The standard InChI is InChI=1S/C43H74NO7P/c1-3-5-7-9-11-13-15-17-19-20-21-22-23-24-26-28-30-32-34-36-43(45)49-40-42(41-51-52(46,47)50-39-37-44)48-38-35-33-31-29-27-25-18-16-14-12-10-8-6-4-2/h5,7,11,13,17,19,21-22,24,26,30,32,35,38,42H,3-4,6,8-10,12,14-16,18,20,23,25,27-29,31,33-34,36-37,39-41,44H2,1-2H3,(H,46,47)/t42-/m1/s1. The Labute approximate surface area is 318 Å². The lowest BCUT2D eigenvalue weighted by molar-refractivity contribution is -0.147. The smallest absolute Gasteiger partial charge is 0.472 e. The Kier molecular flexibility index (Phi) is 37.8. The molecule has 52 heavy (non-hydrogen) atoms. The molecule has 0 aromatic heterocycles. The highest BCUT2D eigenvalue weighted by Crippen LogP contribution is 2.43. The van der Waals surface area contributed by atoms with Crippen molar-refractivity contribution < 1.29 is 32.8 Å². The summed E-state index contributed by atoms with van der Waals surface area (Å²) in [5.41, 5.74) is 5.35. The van der Waals surface area contributed by atoms with E-state index in [2.05, 4.69) is 74.6 Å². The van der Waals surface area contributed by atoms with Crippen LogP contribution in [0.4, 0.5) is 0 Å². The number of rotatable bonds is 37. The average Bonchev–Trinajstić information content (AvgIpc) is 3.14. The van der Waals surface area contributed by atoms with E-state index in [0.29, 0.717) is 6.42 Å². The normalized spacial score (nSPS) is 14.4. The number of phosphoric acid groups is 1. The predicted octanol–water partition coefficient (Wildman–Crippen LogP) is 12.1. The quantitative estimate of drug-likeness (QED) is 0.0212. The number of phosphoric ester groups is 1. The van der Waals surface area contributed by atoms with Crippen LogP contribution in [-0.2, 0) is 27.9 Å². The average molecular weight is 748 g/mol. The number of esters is 1. The Bertz CT molecular complexity index is 1060. The molecule has 0 fully saturated rings. The van der Waals surface area contributed by atoms with Crippen LogP contribution in [0.25, 0.3) is 0 Å². The minimum absolute atomic E-state index is 0.0874. The Morgan fingerprint density at radius 3 is 1.60 bits per heavy atom. The minimum atomic E-state index is -4.28. The fraction of sp³-hybridized carbons (Fsp3) is 0.651. The molecule has 8 nitrogen and oxygen atoms in total. The molecule has 0 aliphatic heterocycles. The molecule has 1 unspecified atom stereocenters. The van der Waals surface area contributed by atoms with Crippen molar-refractivity contribution in [1.29, 1.82) is 0 Å². The first-order valence-corrected chi connectivity index (χ1v) is 21.6. The number of allylic oxidation sites excluding steroid dienone is 13. The first-order chi connectivity index (χ1) is 25.4. The molecule has 0 aliphatic rings. The largest absolute Gasteiger partial charge is 0.492 e. The van der Waals surface area contributed by atoms with Crippen LogP contribution in [-0.4, -0.2) is 43.3 Å². The van der Waals surface area contributed by atoms with Crippen LogP contribution in [0, 0.1) is 0 Å². The molecule has 2 atom stereocenters. The summed E-state index contributed by atoms with van der Waals surface area (Å²) in [6.45, 7) is 3.99. The van der Waals surface area contributed by atoms with Crippen molar-refractivity contribution in [3.63, 3.8) is 0 Å². The van der Waals surface area contributed by atoms with Gasteiger partial charge in [-0.15, -0.1) is 0 Å². The first kappa shape index (κ1) is 49.5. The summed E-state index contributed by atoms with van der Waals surface area (Å²) >= 11 is 0. The summed E-state index contributed by atoms with van der Waals surface area (Å²) in [5, 5.41) is 0. The SMILES string of the molecule is CCC=CCC=CCC=CCC=CCC=CCC=CCCC(=O)OC[C@H](COP(=O)(O)OCCN)OC=CCCCCCCCCCCCCCC. The van der Waals surface area contributed by atoms with Crippen molar-refractivity contribution in [2.24, 2.45) is 5.73 Å². The van der Waals surface area contributed by atoms with Crippen LogP contribution in [0.1, 0.15) is 149 Å². The van der Waals surface area contributed by atoms with Gasteiger partial charge in [0.15, 0.2) is 6.10 Å². The van der Waals surface area contributed by atoms with Crippen LogP contribution in [0.5, 0.6) is 0 Å². The molecule has 3 N–H and O–H groups in total. The summed E-state index contributed by atoms with van der Waals surface area (Å²) in [6.07, 6.45) is 51.4. The van der Waals surface area contributed by atoms with E-state index in [-0.39, 0.29) is 38.8 Å². The molecule has 0 saturated carbocycles. The van der Waals surface area contributed by atoms with Crippen LogP contribution in [0.3, 0.4) is 0 Å². The zero-order valence-electron chi connectivity index (χ0n) is 32.8. The molecule has 0 aliphatic carbocycles. The van der Waals surface area contributed by atoms with Gasteiger partial charge in [0.2, 0.25) is 0 Å². The second-order valence-electron chi connectivity index (χ2n) is 12.8. The Balaban J connectivity index is 4.26. The molecule has 0 radical (unpaired) electrons. The maximum atomic E-state index is 12.3. The summed E-state index contributed by atoms with van der Waals surface area (Å²) in [4.78, 5) is 22.2. The molecule has 0 amide bonds. The van der Waals surface area contributed by atoms with Gasteiger partial charge in [-0.1, -0.05) is 157 Å².